The molecule has 3 saturated heterocycles. The van der Waals surface area contributed by atoms with Crippen LogP contribution in [0, 0.1) is 5.41 Å². The third kappa shape index (κ3) is 4.14. The van der Waals surface area contributed by atoms with E-state index in [0.29, 0.717) is 38.2 Å². The molecule has 178 valence electrons. The molecule has 2 atom stereocenters. The number of amides is 5. The van der Waals surface area contributed by atoms with Crippen molar-refractivity contribution in [2.24, 2.45) is 5.41 Å². The summed E-state index contributed by atoms with van der Waals surface area (Å²) < 4.78 is 5.44. The Labute approximate surface area is 192 Å². The summed E-state index contributed by atoms with van der Waals surface area (Å²) in [6.45, 7) is 9.33. The van der Waals surface area contributed by atoms with Crippen LogP contribution in [0.4, 0.5) is 4.79 Å². The second-order valence-electron chi connectivity index (χ2n) is 10.1. The number of carbonyl (C=O) groups is 5. The summed E-state index contributed by atoms with van der Waals surface area (Å²) in [5.74, 6) is -1.89. The Hall–Kier alpha value is -3.17. The van der Waals surface area contributed by atoms with E-state index in [9.17, 15) is 24.0 Å². The summed E-state index contributed by atoms with van der Waals surface area (Å²) in [5.41, 5.74) is -0.388. The Morgan fingerprint density at radius 1 is 1.12 bits per heavy atom. The Bertz CT molecular complexity index is 985. The molecule has 0 aromatic rings. The number of imide groups is 2. The van der Waals surface area contributed by atoms with Gasteiger partial charge in [-0.1, -0.05) is 6.08 Å². The average molecular weight is 459 g/mol. The van der Waals surface area contributed by atoms with Crippen molar-refractivity contribution in [3.05, 3.63) is 23.4 Å². The molecule has 1 aliphatic carbocycles. The number of carbonyl (C=O) groups excluding carboxylic acids is 5. The summed E-state index contributed by atoms with van der Waals surface area (Å²) >= 11 is 0. The lowest BCUT2D eigenvalue weighted by molar-refractivity contribution is -0.152. The molecule has 3 fully saturated rings. The Balaban J connectivity index is 1.47. The van der Waals surface area contributed by atoms with Gasteiger partial charge in [-0.2, -0.15) is 0 Å². The predicted molar refractivity (Wildman–Crippen MR) is 116 cm³/mol. The van der Waals surface area contributed by atoms with Gasteiger partial charge in [-0.25, -0.2) is 4.79 Å². The molecule has 10 heteroatoms. The highest BCUT2D eigenvalue weighted by atomic mass is 16.6. The first-order valence-electron chi connectivity index (χ1n) is 11.3. The molecule has 0 radical (unpaired) electrons. The number of allylic oxidation sites excluding steroid dienone is 2. The van der Waals surface area contributed by atoms with Crippen molar-refractivity contribution in [1.29, 1.82) is 0 Å². The number of likely N-dealkylation sites (tertiary alicyclic amines) is 1. The number of fused-ring (bicyclic) bond motifs is 1. The topological polar surface area (TPSA) is 116 Å². The van der Waals surface area contributed by atoms with Gasteiger partial charge in [-0.15, -0.1) is 0 Å². The molecule has 3 aliphatic heterocycles. The number of ether oxygens (including phenoxy) is 1. The van der Waals surface area contributed by atoms with Gasteiger partial charge < -0.3 is 14.5 Å². The van der Waals surface area contributed by atoms with Gasteiger partial charge in [0.2, 0.25) is 17.7 Å². The molecule has 0 bridgehead atoms. The third-order valence-electron chi connectivity index (χ3n) is 6.56. The van der Waals surface area contributed by atoms with Gasteiger partial charge in [-0.3, -0.25) is 29.4 Å². The van der Waals surface area contributed by atoms with Crippen LogP contribution in [0.25, 0.3) is 0 Å². The molecule has 33 heavy (non-hydrogen) atoms. The normalized spacial score (nSPS) is 28.4. The smallest absolute Gasteiger partial charge is 0.410 e. The van der Waals surface area contributed by atoms with Crippen LogP contribution < -0.4 is 5.32 Å². The van der Waals surface area contributed by atoms with Crippen molar-refractivity contribution in [3.63, 3.8) is 0 Å². The molecule has 5 amide bonds. The van der Waals surface area contributed by atoms with Crippen LogP contribution in [0.15, 0.2) is 23.4 Å². The Morgan fingerprint density at radius 3 is 2.39 bits per heavy atom. The minimum Gasteiger partial charge on any atom is -0.444 e. The van der Waals surface area contributed by atoms with Gasteiger partial charge in [0, 0.05) is 43.9 Å². The lowest BCUT2D eigenvalue weighted by Gasteiger charge is -2.38. The minimum atomic E-state index is -1.03. The fourth-order valence-electron chi connectivity index (χ4n) is 4.68. The average Bonchev–Trinajstić information content (AvgIpc) is 2.93. The van der Waals surface area contributed by atoms with E-state index in [4.69, 9.17) is 4.74 Å². The van der Waals surface area contributed by atoms with E-state index < -0.39 is 40.7 Å². The highest BCUT2D eigenvalue weighted by molar-refractivity contribution is 6.20. The van der Waals surface area contributed by atoms with E-state index in [2.05, 4.69) is 10.2 Å². The van der Waals surface area contributed by atoms with Crippen molar-refractivity contribution in [3.8, 4) is 0 Å². The highest BCUT2D eigenvalue weighted by Crippen LogP contribution is 2.46. The molecule has 0 spiro atoms. The van der Waals surface area contributed by atoms with Crippen molar-refractivity contribution >= 4 is 29.7 Å². The number of piperidine rings is 1. The third-order valence-corrected chi connectivity index (χ3v) is 6.56. The minimum absolute atomic E-state index is 0.0919. The molecule has 0 aromatic heterocycles. The van der Waals surface area contributed by atoms with Gasteiger partial charge in [-0.05, 0) is 46.6 Å². The van der Waals surface area contributed by atoms with Crippen molar-refractivity contribution in [1.82, 2.24) is 20.0 Å². The fraction of sp³-hybridized carbons (Fsp3) is 0.609. The number of nitrogens with zero attached hydrogens (tertiary/aromatic N) is 3. The summed E-state index contributed by atoms with van der Waals surface area (Å²) in [4.78, 5) is 67.4. The first kappa shape index (κ1) is 23.0. The monoisotopic (exact) mass is 458 g/mol. The van der Waals surface area contributed by atoms with Gasteiger partial charge in [0.25, 0.3) is 5.91 Å². The van der Waals surface area contributed by atoms with E-state index >= 15 is 0 Å². The molecule has 2 unspecified atom stereocenters. The zero-order valence-corrected chi connectivity index (χ0v) is 19.5. The van der Waals surface area contributed by atoms with Crippen LogP contribution in [-0.2, 0) is 23.9 Å². The van der Waals surface area contributed by atoms with Crippen LogP contribution in [0.5, 0.6) is 0 Å². The summed E-state index contributed by atoms with van der Waals surface area (Å²) in [6.07, 6.45) is 3.90. The second-order valence-corrected chi connectivity index (χ2v) is 10.1. The van der Waals surface area contributed by atoms with Crippen LogP contribution in [0.3, 0.4) is 0 Å². The van der Waals surface area contributed by atoms with Gasteiger partial charge in [0.05, 0.1) is 5.41 Å². The Kier molecular flexibility index (Phi) is 5.58. The van der Waals surface area contributed by atoms with Crippen molar-refractivity contribution in [2.75, 3.05) is 26.2 Å². The quantitative estimate of drug-likeness (QED) is 0.612. The van der Waals surface area contributed by atoms with Crippen LogP contribution in [-0.4, -0.2) is 82.2 Å². The number of hydrogen-bond donors (Lipinski definition) is 1. The van der Waals surface area contributed by atoms with E-state index in [1.807, 2.05) is 26.8 Å². The van der Waals surface area contributed by atoms with Gasteiger partial charge in [0.1, 0.15) is 11.6 Å². The summed E-state index contributed by atoms with van der Waals surface area (Å²) in [7, 11) is 0. The molecule has 0 saturated carbocycles. The lowest BCUT2D eigenvalue weighted by Crippen LogP contribution is -2.54. The van der Waals surface area contributed by atoms with Crippen LogP contribution >= 0.6 is 0 Å². The predicted octanol–water partition coefficient (Wildman–Crippen LogP) is 0.933. The molecular formula is C23H30N4O6. The molecule has 10 nitrogen and oxygen atoms in total. The van der Waals surface area contributed by atoms with E-state index in [0.717, 1.165) is 10.6 Å². The van der Waals surface area contributed by atoms with Crippen LogP contribution in [0.2, 0.25) is 0 Å². The van der Waals surface area contributed by atoms with Crippen LogP contribution in [0.1, 0.15) is 47.0 Å². The molecule has 4 rings (SSSR count). The van der Waals surface area contributed by atoms with Crippen molar-refractivity contribution < 1.29 is 28.7 Å². The van der Waals surface area contributed by atoms with E-state index in [1.54, 1.807) is 17.9 Å². The molecule has 0 aromatic carbocycles. The lowest BCUT2D eigenvalue weighted by atomic mass is 9.77. The molecular weight excluding hydrogens is 428 g/mol. The SMILES string of the molecule is CC(C)(C)OC(=O)N1CCN(C2=CCC3(C)C(=O)N(C4CCC(=O)NC4=O)C(=O)C3=C2)CC1. The summed E-state index contributed by atoms with van der Waals surface area (Å²) in [5, 5.41) is 2.22. The first-order valence-corrected chi connectivity index (χ1v) is 11.3. The molecule has 1 N–H and O–H groups in total. The Morgan fingerprint density at radius 2 is 1.79 bits per heavy atom. The maximum atomic E-state index is 13.2. The maximum absolute atomic E-state index is 13.2. The standard InChI is InChI=1S/C23H30N4O6/c1-22(2,3)33-21(32)26-11-9-25(10-12-26)14-7-8-23(4)15(13-14)19(30)27(20(23)31)16-5-6-17(28)24-18(16)29/h7,13,16H,5-6,8-12H2,1-4H3,(H,24,28,29). The molecule has 4 aliphatic rings. The largest absolute Gasteiger partial charge is 0.444 e. The number of piperazine rings is 1. The first-order chi connectivity index (χ1) is 15.4. The number of rotatable bonds is 2. The zero-order valence-electron chi connectivity index (χ0n) is 19.5. The van der Waals surface area contributed by atoms with Gasteiger partial charge in [0.15, 0.2) is 0 Å². The van der Waals surface area contributed by atoms with E-state index in [1.165, 1.54) is 0 Å². The fourth-order valence-corrected chi connectivity index (χ4v) is 4.68. The zero-order chi connectivity index (χ0) is 24.1. The van der Waals surface area contributed by atoms with E-state index in [-0.39, 0.29) is 18.9 Å². The second kappa shape index (κ2) is 8.00. The number of hydrogen-bond acceptors (Lipinski definition) is 7. The summed E-state index contributed by atoms with van der Waals surface area (Å²) in [6, 6.07) is -0.966. The number of nitrogens with one attached hydrogen (secondary N) is 1. The maximum Gasteiger partial charge on any atom is 0.410 e. The van der Waals surface area contributed by atoms with Crippen molar-refractivity contribution in [2.45, 2.75) is 58.6 Å². The molecule has 3 heterocycles. The highest BCUT2D eigenvalue weighted by Gasteiger charge is 2.56. The van der Waals surface area contributed by atoms with Gasteiger partial charge >= 0.3 is 6.09 Å².